The van der Waals surface area contributed by atoms with Crippen LogP contribution in [0.25, 0.3) is 0 Å². The van der Waals surface area contributed by atoms with E-state index in [4.69, 9.17) is 0 Å². The second-order valence-corrected chi connectivity index (χ2v) is 9.76. The molecule has 3 saturated carbocycles. The highest BCUT2D eigenvalue weighted by molar-refractivity contribution is 5.81. The van der Waals surface area contributed by atoms with Gasteiger partial charge in [-0.15, -0.1) is 0 Å². The summed E-state index contributed by atoms with van der Waals surface area (Å²) >= 11 is 0. The summed E-state index contributed by atoms with van der Waals surface area (Å²) in [5, 5.41) is 9.86. The molecule has 0 bridgehead atoms. The Morgan fingerprint density at radius 1 is 1.12 bits per heavy atom. The second-order valence-electron chi connectivity index (χ2n) is 9.76. The van der Waals surface area contributed by atoms with Crippen molar-refractivity contribution >= 4 is 5.91 Å². The number of aliphatic hydroxyl groups is 1. The Hall–Kier alpha value is -1.42. The van der Waals surface area contributed by atoms with Gasteiger partial charge < -0.3 is 10.0 Å². The van der Waals surface area contributed by atoms with Crippen molar-refractivity contribution in [2.45, 2.75) is 69.3 Å². The van der Waals surface area contributed by atoms with E-state index in [1.807, 2.05) is 23.1 Å². The molecule has 0 radical (unpaired) electrons. The molecule has 26 heavy (non-hydrogen) atoms. The van der Waals surface area contributed by atoms with E-state index in [0.29, 0.717) is 24.7 Å². The van der Waals surface area contributed by atoms with Gasteiger partial charge in [0.2, 0.25) is 5.91 Å². The Morgan fingerprint density at radius 2 is 1.77 bits per heavy atom. The van der Waals surface area contributed by atoms with E-state index in [-0.39, 0.29) is 23.1 Å². The molecule has 1 amide bonds. The van der Waals surface area contributed by atoms with Gasteiger partial charge in [-0.1, -0.05) is 18.2 Å². The number of halogens is 1. The molecule has 5 rings (SSSR count). The molecule has 1 heterocycles. The molecule has 4 fully saturated rings. The number of amides is 1. The maximum Gasteiger partial charge on any atom is 0.225 e. The summed E-state index contributed by atoms with van der Waals surface area (Å²) in [6.45, 7) is 3.45. The van der Waals surface area contributed by atoms with Crippen LogP contribution in [0.1, 0.15) is 74.8 Å². The van der Waals surface area contributed by atoms with Crippen molar-refractivity contribution in [2.75, 3.05) is 13.1 Å². The summed E-state index contributed by atoms with van der Waals surface area (Å²) in [5.41, 5.74) is 1.39. The maximum atomic E-state index is 14.9. The molecule has 0 unspecified atom stereocenters. The zero-order valence-electron chi connectivity index (χ0n) is 15.5. The standard InChI is InChI=1S/C22H28FNO2/c1-21(26)9-16(10-21)20(25)24-12-22(13-24)8-7-15(11-22)18-4-2-3-17(19(18)23)14-5-6-14/h2-4,14-16,26H,5-13H2,1H3/t15-,16?,21?/m0/s1. The number of nitrogens with zero attached hydrogens (tertiary/aromatic N) is 1. The minimum Gasteiger partial charge on any atom is -0.390 e. The SMILES string of the molecule is CC1(O)CC(C(=O)N2CC3(CC[C@H](c4cccc(C5CC5)c4F)C3)C2)C1. The molecule has 1 N–H and O–H groups in total. The lowest BCUT2D eigenvalue weighted by atomic mass is 9.69. The first-order valence-corrected chi connectivity index (χ1v) is 10.2. The first-order valence-electron chi connectivity index (χ1n) is 10.2. The lowest BCUT2D eigenvalue weighted by Crippen LogP contribution is -2.61. The van der Waals surface area contributed by atoms with Crippen molar-refractivity contribution < 1.29 is 14.3 Å². The smallest absolute Gasteiger partial charge is 0.225 e. The van der Waals surface area contributed by atoms with Crippen LogP contribution < -0.4 is 0 Å². The third-order valence-electron chi connectivity index (χ3n) is 7.30. The first kappa shape index (κ1) is 16.7. The molecule has 1 spiro atoms. The van der Waals surface area contributed by atoms with E-state index in [2.05, 4.69) is 0 Å². The number of benzene rings is 1. The van der Waals surface area contributed by atoms with Gasteiger partial charge in [-0.25, -0.2) is 4.39 Å². The Bertz CT molecular complexity index is 741. The van der Waals surface area contributed by atoms with E-state index < -0.39 is 5.60 Å². The predicted octanol–water partition coefficient (Wildman–Crippen LogP) is 3.96. The molecule has 3 nitrogen and oxygen atoms in total. The van der Waals surface area contributed by atoms with Crippen LogP contribution in [0.4, 0.5) is 4.39 Å². The van der Waals surface area contributed by atoms with Gasteiger partial charge in [0.25, 0.3) is 0 Å². The summed E-state index contributed by atoms with van der Waals surface area (Å²) in [4.78, 5) is 14.5. The number of rotatable bonds is 3. The first-order chi connectivity index (χ1) is 12.4. The number of hydrogen-bond donors (Lipinski definition) is 1. The van der Waals surface area contributed by atoms with E-state index >= 15 is 0 Å². The zero-order valence-corrected chi connectivity index (χ0v) is 15.5. The molecule has 140 valence electrons. The topological polar surface area (TPSA) is 40.5 Å². The average molecular weight is 357 g/mol. The normalized spacial score (nSPS) is 35.3. The summed E-state index contributed by atoms with van der Waals surface area (Å²) in [6.07, 6.45) is 6.57. The molecule has 1 atom stereocenters. The van der Waals surface area contributed by atoms with Crippen LogP contribution in [-0.4, -0.2) is 34.6 Å². The van der Waals surface area contributed by atoms with E-state index in [1.54, 1.807) is 6.92 Å². The van der Waals surface area contributed by atoms with Gasteiger partial charge >= 0.3 is 0 Å². The number of hydrogen-bond acceptors (Lipinski definition) is 2. The Kier molecular flexibility index (Phi) is 3.57. The maximum absolute atomic E-state index is 14.9. The van der Waals surface area contributed by atoms with E-state index in [0.717, 1.165) is 56.3 Å². The van der Waals surface area contributed by atoms with Gasteiger partial charge in [-0.05, 0) is 74.8 Å². The van der Waals surface area contributed by atoms with Crippen molar-refractivity contribution in [1.82, 2.24) is 4.90 Å². The minimum atomic E-state index is -0.647. The molecule has 0 aromatic heterocycles. The van der Waals surface area contributed by atoms with Crippen LogP contribution in [0, 0.1) is 17.2 Å². The monoisotopic (exact) mass is 357 g/mol. The van der Waals surface area contributed by atoms with Crippen LogP contribution in [-0.2, 0) is 4.79 Å². The minimum absolute atomic E-state index is 0.00668. The third-order valence-corrected chi connectivity index (χ3v) is 7.30. The lowest BCUT2D eigenvalue weighted by molar-refractivity contribution is -0.161. The van der Waals surface area contributed by atoms with Crippen LogP contribution in [0.15, 0.2) is 18.2 Å². The van der Waals surface area contributed by atoms with Gasteiger partial charge in [0.05, 0.1) is 5.60 Å². The zero-order chi connectivity index (χ0) is 18.1. The molecular formula is C22H28FNO2. The summed E-state index contributed by atoms with van der Waals surface area (Å²) in [5.74, 6) is 1.01. The van der Waals surface area contributed by atoms with Crippen molar-refractivity contribution in [3.05, 3.63) is 35.1 Å². The van der Waals surface area contributed by atoms with Gasteiger partial charge in [0.1, 0.15) is 5.82 Å². The average Bonchev–Trinajstić information content (AvgIpc) is 3.28. The highest BCUT2D eigenvalue weighted by Crippen LogP contribution is 2.54. The fraction of sp³-hybridized carbons (Fsp3) is 0.682. The molecule has 1 aromatic carbocycles. The number of carbonyl (C=O) groups excluding carboxylic acids is 1. The van der Waals surface area contributed by atoms with Crippen molar-refractivity contribution in [3.63, 3.8) is 0 Å². The molecule has 1 saturated heterocycles. The van der Waals surface area contributed by atoms with Gasteiger partial charge in [0.15, 0.2) is 0 Å². The van der Waals surface area contributed by atoms with Gasteiger partial charge in [0, 0.05) is 24.4 Å². The van der Waals surface area contributed by atoms with Crippen LogP contribution in [0.3, 0.4) is 0 Å². The predicted molar refractivity (Wildman–Crippen MR) is 97.3 cm³/mol. The van der Waals surface area contributed by atoms with E-state index in [9.17, 15) is 14.3 Å². The number of likely N-dealkylation sites (tertiary alicyclic amines) is 1. The van der Waals surface area contributed by atoms with Crippen LogP contribution in [0.2, 0.25) is 0 Å². The highest BCUT2D eigenvalue weighted by Gasteiger charge is 2.53. The Labute approximate surface area is 154 Å². The molecule has 3 aliphatic carbocycles. The summed E-state index contributed by atoms with van der Waals surface area (Å²) < 4.78 is 14.9. The lowest BCUT2D eigenvalue weighted by Gasteiger charge is -2.52. The van der Waals surface area contributed by atoms with E-state index in [1.165, 1.54) is 0 Å². The fourth-order valence-electron chi connectivity index (χ4n) is 5.71. The summed E-state index contributed by atoms with van der Waals surface area (Å²) in [6, 6.07) is 5.96. The van der Waals surface area contributed by atoms with Crippen molar-refractivity contribution in [3.8, 4) is 0 Å². The molecule has 4 aliphatic rings. The van der Waals surface area contributed by atoms with Crippen molar-refractivity contribution in [1.29, 1.82) is 0 Å². The quantitative estimate of drug-likeness (QED) is 0.889. The molecule has 1 aromatic rings. The molecule has 1 aliphatic heterocycles. The van der Waals surface area contributed by atoms with Gasteiger partial charge in [-0.3, -0.25) is 4.79 Å². The van der Waals surface area contributed by atoms with Crippen molar-refractivity contribution in [2.24, 2.45) is 11.3 Å². The van der Waals surface area contributed by atoms with Crippen LogP contribution in [0.5, 0.6) is 0 Å². The fourth-order valence-corrected chi connectivity index (χ4v) is 5.71. The largest absolute Gasteiger partial charge is 0.390 e. The Morgan fingerprint density at radius 3 is 2.38 bits per heavy atom. The van der Waals surface area contributed by atoms with Crippen LogP contribution >= 0.6 is 0 Å². The highest BCUT2D eigenvalue weighted by atomic mass is 19.1. The third kappa shape index (κ3) is 2.69. The molecule has 4 heteroatoms. The second kappa shape index (κ2) is 5.54. The molecular weight excluding hydrogens is 329 g/mol. The summed E-state index contributed by atoms with van der Waals surface area (Å²) in [7, 11) is 0. The van der Waals surface area contributed by atoms with Gasteiger partial charge in [-0.2, -0.15) is 0 Å². The number of carbonyl (C=O) groups is 1. The Balaban J connectivity index is 1.22.